The van der Waals surface area contributed by atoms with Crippen molar-refractivity contribution in [3.05, 3.63) is 58.7 Å². The summed E-state index contributed by atoms with van der Waals surface area (Å²) in [6.07, 6.45) is 10.4. The predicted molar refractivity (Wildman–Crippen MR) is 67.4 cm³/mol. The van der Waals surface area contributed by atoms with E-state index >= 15 is 0 Å². The molecule has 0 aliphatic heterocycles. The lowest BCUT2D eigenvalue weighted by atomic mass is 9.98. The molecular formula is C13H15Br. The van der Waals surface area contributed by atoms with Crippen molar-refractivity contribution in [3.63, 3.8) is 0 Å². The van der Waals surface area contributed by atoms with Gasteiger partial charge in [-0.2, -0.15) is 0 Å². The van der Waals surface area contributed by atoms with E-state index in [1.165, 1.54) is 10.1 Å². The second-order valence-electron chi connectivity index (χ2n) is 3.51. The first-order valence-electron chi connectivity index (χ1n) is 4.67. The zero-order chi connectivity index (χ0) is 10.6. The molecule has 1 aliphatic rings. The monoisotopic (exact) mass is 250 g/mol. The van der Waals surface area contributed by atoms with Gasteiger partial charge in [-0.3, -0.25) is 0 Å². The predicted octanol–water partition coefficient (Wildman–Crippen LogP) is 4.67. The van der Waals surface area contributed by atoms with Crippen LogP contribution in [-0.4, -0.2) is 0 Å². The third kappa shape index (κ3) is 3.51. The van der Waals surface area contributed by atoms with Crippen molar-refractivity contribution in [1.29, 1.82) is 0 Å². The Kier molecular flexibility index (Phi) is 4.15. The molecular weight excluding hydrogens is 236 g/mol. The molecule has 0 saturated heterocycles. The summed E-state index contributed by atoms with van der Waals surface area (Å²) in [5, 5.41) is 0. The minimum Gasteiger partial charge on any atom is -0.0961 e. The molecule has 0 aromatic rings. The molecule has 1 rings (SSSR count). The van der Waals surface area contributed by atoms with Gasteiger partial charge in [0.1, 0.15) is 0 Å². The molecule has 0 fully saturated rings. The molecule has 0 spiro atoms. The molecule has 0 aromatic carbocycles. The van der Waals surface area contributed by atoms with Crippen LogP contribution in [0.15, 0.2) is 58.7 Å². The summed E-state index contributed by atoms with van der Waals surface area (Å²) in [6.45, 7) is 9.83. The fourth-order valence-corrected chi connectivity index (χ4v) is 1.56. The van der Waals surface area contributed by atoms with Crippen LogP contribution >= 0.6 is 15.9 Å². The van der Waals surface area contributed by atoms with E-state index in [0.717, 1.165) is 24.0 Å². The minimum absolute atomic E-state index is 1.05. The first-order chi connectivity index (χ1) is 6.59. The van der Waals surface area contributed by atoms with E-state index in [1.807, 2.05) is 19.1 Å². The Morgan fingerprint density at radius 3 is 2.50 bits per heavy atom. The Hall–Kier alpha value is -0.820. The van der Waals surface area contributed by atoms with E-state index in [1.54, 1.807) is 0 Å². The average molecular weight is 251 g/mol. The van der Waals surface area contributed by atoms with Gasteiger partial charge in [0, 0.05) is 0 Å². The normalized spacial score (nSPS) is 16.4. The Balaban J connectivity index is 2.67. The molecule has 14 heavy (non-hydrogen) atoms. The van der Waals surface area contributed by atoms with Crippen LogP contribution in [-0.2, 0) is 0 Å². The molecule has 0 aromatic heterocycles. The number of hydrogen-bond donors (Lipinski definition) is 0. The van der Waals surface area contributed by atoms with Gasteiger partial charge in [0.25, 0.3) is 0 Å². The Labute approximate surface area is 94.5 Å². The summed E-state index contributed by atoms with van der Waals surface area (Å²) in [5.74, 6) is 0. The maximum absolute atomic E-state index is 4.03. The van der Waals surface area contributed by atoms with Gasteiger partial charge in [-0.1, -0.05) is 59.0 Å². The highest BCUT2D eigenvalue weighted by atomic mass is 79.9. The van der Waals surface area contributed by atoms with Gasteiger partial charge >= 0.3 is 0 Å². The molecule has 1 heteroatoms. The molecule has 0 unspecified atom stereocenters. The molecule has 74 valence electrons. The third-order valence-corrected chi connectivity index (χ3v) is 2.74. The maximum Gasteiger partial charge on any atom is -0.00460 e. The van der Waals surface area contributed by atoms with E-state index in [4.69, 9.17) is 0 Å². The molecule has 1 aliphatic carbocycles. The van der Waals surface area contributed by atoms with E-state index in [-0.39, 0.29) is 0 Å². The van der Waals surface area contributed by atoms with Crippen LogP contribution in [0.1, 0.15) is 19.8 Å². The molecule has 0 radical (unpaired) electrons. The summed E-state index contributed by atoms with van der Waals surface area (Å²) in [7, 11) is 0. The van der Waals surface area contributed by atoms with Gasteiger partial charge in [0.05, 0.1) is 0 Å². The topological polar surface area (TPSA) is 0 Å². The lowest BCUT2D eigenvalue weighted by Gasteiger charge is -2.10. The number of halogens is 1. The van der Waals surface area contributed by atoms with Crippen molar-refractivity contribution in [1.82, 2.24) is 0 Å². The highest BCUT2D eigenvalue weighted by molar-refractivity contribution is 9.11. The fourth-order valence-electron chi connectivity index (χ4n) is 1.23. The Morgan fingerprint density at radius 2 is 2.00 bits per heavy atom. The Morgan fingerprint density at radius 1 is 1.29 bits per heavy atom. The smallest absolute Gasteiger partial charge is 0.00460 e. The van der Waals surface area contributed by atoms with Crippen LogP contribution in [0.3, 0.4) is 0 Å². The lowest BCUT2D eigenvalue weighted by molar-refractivity contribution is 0.970. The molecule has 0 atom stereocenters. The van der Waals surface area contributed by atoms with Crippen LogP contribution in [0.2, 0.25) is 0 Å². The Bertz CT molecular complexity index is 340. The van der Waals surface area contributed by atoms with Crippen LogP contribution < -0.4 is 0 Å². The van der Waals surface area contributed by atoms with Crippen LogP contribution in [0, 0.1) is 0 Å². The quantitative estimate of drug-likeness (QED) is 0.639. The lowest BCUT2D eigenvalue weighted by Crippen LogP contribution is -1.91. The first-order valence-corrected chi connectivity index (χ1v) is 5.47. The second-order valence-corrected chi connectivity index (χ2v) is 4.53. The summed E-state index contributed by atoms with van der Waals surface area (Å²) in [5.41, 5.74) is 3.45. The summed E-state index contributed by atoms with van der Waals surface area (Å²) >= 11 is 3.48. The van der Waals surface area contributed by atoms with Crippen molar-refractivity contribution >= 4 is 15.9 Å². The maximum atomic E-state index is 4.03. The second kappa shape index (κ2) is 5.16. The SMILES string of the molecule is C=C(C)/C=C\C(=C)C1=CC=C(Br)CC1. The van der Waals surface area contributed by atoms with Gasteiger partial charge in [0.15, 0.2) is 0 Å². The zero-order valence-corrected chi connectivity index (χ0v) is 10.1. The van der Waals surface area contributed by atoms with Gasteiger partial charge in [-0.05, 0) is 35.4 Å². The van der Waals surface area contributed by atoms with Crippen LogP contribution in [0.4, 0.5) is 0 Å². The van der Waals surface area contributed by atoms with E-state index in [2.05, 4.69) is 41.2 Å². The van der Waals surface area contributed by atoms with Gasteiger partial charge in [0.2, 0.25) is 0 Å². The molecule has 0 amide bonds. The van der Waals surface area contributed by atoms with Gasteiger partial charge in [-0.15, -0.1) is 0 Å². The number of hydrogen-bond acceptors (Lipinski definition) is 0. The van der Waals surface area contributed by atoms with Crippen molar-refractivity contribution in [3.8, 4) is 0 Å². The number of rotatable bonds is 3. The van der Waals surface area contributed by atoms with Crippen LogP contribution in [0.25, 0.3) is 0 Å². The standard InChI is InChI=1S/C13H15Br/c1-10(2)4-5-11(3)12-6-8-13(14)9-7-12/h4-6,8H,1,3,7,9H2,2H3/b5-4-. The molecule has 0 N–H and O–H groups in total. The van der Waals surface area contributed by atoms with Crippen molar-refractivity contribution in [2.24, 2.45) is 0 Å². The van der Waals surface area contributed by atoms with Gasteiger partial charge < -0.3 is 0 Å². The molecule has 0 saturated carbocycles. The average Bonchev–Trinajstić information content (AvgIpc) is 2.15. The molecule has 0 heterocycles. The molecule has 0 bridgehead atoms. The largest absolute Gasteiger partial charge is 0.0961 e. The zero-order valence-electron chi connectivity index (χ0n) is 8.52. The van der Waals surface area contributed by atoms with E-state index in [9.17, 15) is 0 Å². The first kappa shape index (κ1) is 11.3. The summed E-state index contributed by atoms with van der Waals surface area (Å²) in [6, 6.07) is 0. The highest BCUT2D eigenvalue weighted by Crippen LogP contribution is 2.26. The van der Waals surface area contributed by atoms with E-state index < -0.39 is 0 Å². The van der Waals surface area contributed by atoms with Crippen molar-refractivity contribution in [2.45, 2.75) is 19.8 Å². The van der Waals surface area contributed by atoms with E-state index in [0.29, 0.717) is 0 Å². The fraction of sp³-hybridized carbons (Fsp3) is 0.231. The summed E-state index contributed by atoms with van der Waals surface area (Å²) in [4.78, 5) is 0. The van der Waals surface area contributed by atoms with Crippen molar-refractivity contribution < 1.29 is 0 Å². The van der Waals surface area contributed by atoms with Gasteiger partial charge in [-0.25, -0.2) is 0 Å². The summed E-state index contributed by atoms with van der Waals surface area (Å²) < 4.78 is 1.26. The highest BCUT2D eigenvalue weighted by Gasteiger charge is 2.05. The van der Waals surface area contributed by atoms with Crippen molar-refractivity contribution in [2.75, 3.05) is 0 Å². The van der Waals surface area contributed by atoms with Crippen LogP contribution in [0.5, 0.6) is 0 Å². The molecule has 0 nitrogen and oxygen atoms in total. The third-order valence-electron chi connectivity index (χ3n) is 2.08. The number of allylic oxidation sites excluding steroid dienone is 8. The minimum atomic E-state index is 1.05.